The second-order valence-electron chi connectivity index (χ2n) is 4.09. The van der Waals surface area contributed by atoms with Gasteiger partial charge in [-0.25, -0.2) is 4.98 Å². The molecule has 6 heteroatoms. The van der Waals surface area contributed by atoms with Crippen LogP contribution in [0.2, 0.25) is 0 Å². The third-order valence-electron chi connectivity index (χ3n) is 2.29. The molecule has 0 fully saturated rings. The van der Waals surface area contributed by atoms with Crippen molar-refractivity contribution >= 4 is 23.5 Å². The Bertz CT molecular complexity index is 386. The molecule has 18 heavy (non-hydrogen) atoms. The minimum absolute atomic E-state index is 0.171. The monoisotopic (exact) mass is 268 g/mol. The number of amides is 1. The van der Waals surface area contributed by atoms with E-state index in [1.807, 2.05) is 6.92 Å². The summed E-state index contributed by atoms with van der Waals surface area (Å²) in [6, 6.07) is 0. The van der Waals surface area contributed by atoms with Crippen molar-refractivity contribution < 1.29 is 4.79 Å². The van der Waals surface area contributed by atoms with E-state index in [1.165, 1.54) is 6.20 Å². The molecule has 5 nitrogen and oxygen atoms in total. The number of hydrogen-bond donors (Lipinski definition) is 2. The highest BCUT2D eigenvalue weighted by atomic mass is 32.2. The molecule has 1 unspecified atom stereocenters. The molecule has 0 spiro atoms. The molecule has 1 heterocycles. The summed E-state index contributed by atoms with van der Waals surface area (Å²) in [6.45, 7) is 5.49. The smallest absolute Gasteiger partial charge is 0.271 e. The second kappa shape index (κ2) is 7.92. The SMILES string of the molecule is CCNc1cncc(C(=O)NCC(C)CSC)n1. The first-order chi connectivity index (χ1) is 8.67. The van der Waals surface area contributed by atoms with Crippen molar-refractivity contribution in [3.05, 3.63) is 18.1 Å². The largest absolute Gasteiger partial charge is 0.369 e. The Kier molecular flexibility index (Phi) is 6.49. The van der Waals surface area contributed by atoms with Crippen molar-refractivity contribution in [1.29, 1.82) is 0 Å². The van der Waals surface area contributed by atoms with Crippen molar-refractivity contribution in [3.63, 3.8) is 0 Å². The van der Waals surface area contributed by atoms with Crippen molar-refractivity contribution in [1.82, 2.24) is 15.3 Å². The minimum atomic E-state index is -0.171. The summed E-state index contributed by atoms with van der Waals surface area (Å²) < 4.78 is 0. The van der Waals surface area contributed by atoms with Gasteiger partial charge in [-0.05, 0) is 24.9 Å². The molecule has 0 aliphatic carbocycles. The third-order valence-corrected chi connectivity index (χ3v) is 3.19. The van der Waals surface area contributed by atoms with Gasteiger partial charge < -0.3 is 10.6 Å². The standard InChI is InChI=1S/C12H20N4OS/c1-4-14-11-7-13-6-10(16-11)12(17)15-5-9(2)8-18-3/h6-7,9H,4-5,8H2,1-3H3,(H,14,16)(H,15,17). The van der Waals surface area contributed by atoms with Gasteiger partial charge in [0.15, 0.2) is 0 Å². The summed E-state index contributed by atoms with van der Waals surface area (Å²) in [5.74, 6) is 1.94. The van der Waals surface area contributed by atoms with Crippen LogP contribution in [0, 0.1) is 5.92 Å². The number of nitrogens with one attached hydrogen (secondary N) is 2. The fraction of sp³-hybridized carbons (Fsp3) is 0.583. The van der Waals surface area contributed by atoms with Crippen LogP contribution in [0.1, 0.15) is 24.3 Å². The van der Waals surface area contributed by atoms with Crippen molar-refractivity contribution in [2.75, 3.05) is 30.4 Å². The van der Waals surface area contributed by atoms with Gasteiger partial charge in [0.05, 0.1) is 12.4 Å². The van der Waals surface area contributed by atoms with Gasteiger partial charge in [0.25, 0.3) is 5.91 Å². The zero-order valence-corrected chi connectivity index (χ0v) is 11.9. The van der Waals surface area contributed by atoms with Crippen LogP contribution < -0.4 is 10.6 Å². The van der Waals surface area contributed by atoms with Crippen molar-refractivity contribution in [2.24, 2.45) is 5.92 Å². The molecule has 0 saturated carbocycles. The molecule has 0 saturated heterocycles. The van der Waals surface area contributed by atoms with E-state index in [2.05, 4.69) is 33.8 Å². The fourth-order valence-corrected chi connectivity index (χ4v) is 2.13. The second-order valence-corrected chi connectivity index (χ2v) is 5.00. The molecule has 1 rings (SSSR count). The van der Waals surface area contributed by atoms with Crippen LogP contribution in [0.3, 0.4) is 0 Å². The van der Waals surface area contributed by atoms with E-state index < -0.39 is 0 Å². The number of thioether (sulfide) groups is 1. The first-order valence-corrected chi connectivity index (χ1v) is 7.39. The predicted octanol–water partition coefficient (Wildman–Crippen LogP) is 1.64. The summed E-state index contributed by atoms with van der Waals surface area (Å²) in [5.41, 5.74) is 0.352. The highest BCUT2D eigenvalue weighted by molar-refractivity contribution is 7.98. The Balaban J connectivity index is 2.53. The normalized spacial score (nSPS) is 11.9. The van der Waals surface area contributed by atoms with Gasteiger partial charge in [-0.2, -0.15) is 11.8 Å². The number of hydrogen-bond acceptors (Lipinski definition) is 5. The summed E-state index contributed by atoms with van der Waals surface area (Å²) >= 11 is 1.78. The maximum absolute atomic E-state index is 11.9. The summed E-state index contributed by atoms with van der Waals surface area (Å²) in [6.07, 6.45) is 5.15. The summed E-state index contributed by atoms with van der Waals surface area (Å²) in [4.78, 5) is 20.1. The number of rotatable bonds is 7. The average Bonchev–Trinajstić information content (AvgIpc) is 2.37. The molecular formula is C12H20N4OS. The van der Waals surface area contributed by atoms with Crippen LogP contribution in [0.15, 0.2) is 12.4 Å². The number of carbonyl (C=O) groups excluding carboxylic acids is 1. The lowest BCUT2D eigenvalue weighted by Gasteiger charge is -2.11. The quantitative estimate of drug-likeness (QED) is 0.787. The van der Waals surface area contributed by atoms with Gasteiger partial charge in [0.2, 0.25) is 0 Å². The van der Waals surface area contributed by atoms with E-state index in [9.17, 15) is 4.79 Å². The molecule has 0 aromatic carbocycles. The Morgan fingerprint density at radius 2 is 2.28 bits per heavy atom. The third kappa shape index (κ3) is 4.91. The van der Waals surface area contributed by atoms with Crippen molar-refractivity contribution in [3.8, 4) is 0 Å². The van der Waals surface area contributed by atoms with Crippen LogP contribution in [0.5, 0.6) is 0 Å². The Hall–Kier alpha value is -1.30. The Morgan fingerprint density at radius 3 is 2.94 bits per heavy atom. The lowest BCUT2D eigenvalue weighted by Crippen LogP contribution is -2.30. The van der Waals surface area contributed by atoms with Gasteiger partial charge in [-0.3, -0.25) is 9.78 Å². The number of anilines is 1. The van der Waals surface area contributed by atoms with E-state index >= 15 is 0 Å². The summed E-state index contributed by atoms with van der Waals surface area (Å²) in [5, 5.41) is 5.90. The molecule has 100 valence electrons. The molecule has 0 aliphatic rings. The molecule has 2 N–H and O–H groups in total. The molecule has 1 atom stereocenters. The topological polar surface area (TPSA) is 66.9 Å². The lowest BCUT2D eigenvalue weighted by molar-refractivity contribution is 0.0944. The number of aromatic nitrogens is 2. The van der Waals surface area contributed by atoms with Crippen LogP contribution in [-0.2, 0) is 0 Å². The minimum Gasteiger partial charge on any atom is -0.369 e. The van der Waals surface area contributed by atoms with E-state index in [1.54, 1.807) is 18.0 Å². The van der Waals surface area contributed by atoms with Crippen LogP contribution >= 0.6 is 11.8 Å². The molecule has 1 aromatic heterocycles. The van der Waals surface area contributed by atoms with E-state index in [0.717, 1.165) is 12.3 Å². The van der Waals surface area contributed by atoms with E-state index in [-0.39, 0.29) is 5.91 Å². The molecule has 0 radical (unpaired) electrons. The molecule has 0 bridgehead atoms. The highest BCUT2D eigenvalue weighted by Gasteiger charge is 2.10. The van der Waals surface area contributed by atoms with Crippen molar-refractivity contribution in [2.45, 2.75) is 13.8 Å². The zero-order valence-electron chi connectivity index (χ0n) is 11.1. The molecule has 1 aromatic rings. The lowest BCUT2D eigenvalue weighted by atomic mass is 10.2. The van der Waals surface area contributed by atoms with E-state index in [4.69, 9.17) is 0 Å². The van der Waals surface area contributed by atoms with Gasteiger partial charge in [0, 0.05) is 13.1 Å². The highest BCUT2D eigenvalue weighted by Crippen LogP contribution is 2.04. The number of nitrogens with zero attached hydrogens (tertiary/aromatic N) is 2. The average molecular weight is 268 g/mol. The van der Waals surface area contributed by atoms with Gasteiger partial charge in [0.1, 0.15) is 11.5 Å². The van der Waals surface area contributed by atoms with Crippen LogP contribution in [0.25, 0.3) is 0 Å². The Labute approximate surface area is 112 Å². The first-order valence-electron chi connectivity index (χ1n) is 6.00. The zero-order chi connectivity index (χ0) is 13.4. The van der Waals surface area contributed by atoms with Crippen LogP contribution in [-0.4, -0.2) is 41.0 Å². The molecule has 1 amide bonds. The maximum atomic E-state index is 11.9. The van der Waals surface area contributed by atoms with Gasteiger partial charge in [-0.15, -0.1) is 0 Å². The molecular weight excluding hydrogens is 248 g/mol. The summed E-state index contributed by atoms with van der Waals surface area (Å²) in [7, 11) is 0. The van der Waals surface area contributed by atoms with Crippen LogP contribution in [0.4, 0.5) is 5.82 Å². The maximum Gasteiger partial charge on any atom is 0.271 e. The van der Waals surface area contributed by atoms with Gasteiger partial charge >= 0.3 is 0 Å². The fourth-order valence-electron chi connectivity index (χ4n) is 1.44. The first kappa shape index (κ1) is 14.8. The van der Waals surface area contributed by atoms with Gasteiger partial charge in [-0.1, -0.05) is 6.92 Å². The Morgan fingerprint density at radius 1 is 1.50 bits per heavy atom. The number of carbonyl (C=O) groups is 1. The molecule has 0 aliphatic heterocycles. The van der Waals surface area contributed by atoms with E-state index in [0.29, 0.717) is 24.0 Å². The predicted molar refractivity (Wildman–Crippen MR) is 76.1 cm³/mol.